The van der Waals surface area contributed by atoms with E-state index in [1.807, 2.05) is 12.1 Å². The first kappa shape index (κ1) is 13.9. The summed E-state index contributed by atoms with van der Waals surface area (Å²) >= 11 is 3.63. The number of amides is 1. The van der Waals surface area contributed by atoms with Crippen molar-refractivity contribution >= 4 is 33.2 Å². The third-order valence-corrected chi connectivity index (χ3v) is 4.87. The quantitative estimate of drug-likeness (QED) is 0.828. The first-order chi connectivity index (χ1) is 9.37. The molecule has 2 aliphatic rings. The van der Waals surface area contributed by atoms with E-state index < -0.39 is 6.04 Å². The number of carbonyl (C=O) groups excluding carboxylic acids is 1. The zero-order valence-corrected chi connectivity index (χ0v) is 13.5. The van der Waals surface area contributed by atoms with Gasteiger partial charge < -0.3 is 16.0 Å². The minimum atomic E-state index is -0.548. The highest BCUT2D eigenvalue weighted by molar-refractivity contribution is 9.10. The van der Waals surface area contributed by atoms with Crippen LogP contribution in [0, 0.1) is 5.41 Å². The normalized spacial score (nSPS) is 24.5. The predicted molar refractivity (Wildman–Crippen MR) is 84.9 cm³/mol. The zero-order valence-electron chi connectivity index (χ0n) is 11.9. The van der Waals surface area contributed by atoms with E-state index in [4.69, 9.17) is 5.73 Å². The van der Waals surface area contributed by atoms with E-state index in [0.29, 0.717) is 5.41 Å². The monoisotopic (exact) mass is 337 g/mol. The maximum Gasteiger partial charge on any atom is 0.245 e. The number of fused-ring (bicyclic) bond motifs is 1. The van der Waals surface area contributed by atoms with E-state index in [1.54, 1.807) is 0 Å². The molecule has 1 atom stereocenters. The van der Waals surface area contributed by atoms with Crippen molar-refractivity contribution in [1.29, 1.82) is 0 Å². The minimum absolute atomic E-state index is 0.122. The van der Waals surface area contributed by atoms with E-state index >= 15 is 0 Å². The molecule has 0 aliphatic carbocycles. The van der Waals surface area contributed by atoms with Gasteiger partial charge in [0.15, 0.2) is 0 Å². The number of nitrogens with two attached hydrogens (primary N) is 1. The molecule has 2 aliphatic heterocycles. The molecule has 1 fully saturated rings. The maximum atomic E-state index is 11.7. The summed E-state index contributed by atoms with van der Waals surface area (Å²) in [6.45, 7) is 6.70. The number of carbonyl (C=O) groups is 1. The number of hydrogen-bond acceptors (Lipinski definition) is 3. The molecular weight excluding hydrogens is 318 g/mol. The van der Waals surface area contributed by atoms with Gasteiger partial charge in [-0.2, -0.15) is 0 Å². The van der Waals surface area contributed by atoms with Crippen LogP contribution >= 0.6 is 15.9 Å². The molecule has 1 amide bonds. The number of piperidine rings is 1. The molecule has 0 aromatic heterocycles. The lowest BCUT2D eigenvalue weighted by Crippen LogP contribution is -2.40. The van der Waals surface area contributed by atoms with Crippen LogP contribution in [0.2, 0.25) is 0 Å². The van der Waals surface area contributed by atoms with Crippen molar-refractivity contribution in [2.75, 3.05) is 23.3 Å². The van der Waals surface area contributed by atoms with E-state index in [-0.39, 0.29) is 5.91 Å². The van der Waals surface area contributed by atoms with Gasteiger partial charge in [0.05, 0.1) is 5.69 Å². The number of rotatable bonds is 1. The van der Waals surface area contributed by atoms with E-state index in [0.717, 1.165) is 34.5 Å². The van der Waals surface area contributed by atoms with Gasteiger partial charge in [-0.25, -0.2) is 0 Å². The lowest BCUT2D eigenvalue weighted by atomic mass is 9.84. The van der Waals surface area contributed by atoms with Crippen molar-refractivity contribution in [3.8, 4) is 0 Å². The topological polar surface area (TPSA) is 58.4 Å². The fourth-order valence-corrected chi connectivity index (χ4v) is 3.78. The number of hydrogen-bond donors (Lipinski definition) is 2. The van der Waals surface area contributed by atoms with Gasteiger partial charge in [-0.15, -0.1) is 0 Å². The summed E-state index contributed by atoms with van der Waals surface area (Å²) in [7, 11) is 0. The SMILES string of the molecule is CC1(C)CCCN(c2cc3c(cc2Br)C(N)C(=O)N3)C1. The summed E-state index contributed by atoms with van der Waals surface area (Å²) in [5.41, 5.74) is 9.09. The van der Waals surface area contributed by atoms with Crippen molar-refractivity contribution in [3.05, 3.63) is 22.2 Å². The van der Waals surface area contributed by atoms with Crippen LogP contribution < -0.4 is 16.0 Å². The molecule has 0 bridgehead atoms. The van der Waals surface area contributed by atoms with Crippen LogP contribution in [0.25, 0.3) is 0 Å². The molecule has 0 radical (unpaired) electrons. The molecule has 1 unspecified atom stereocenters. The van der Waals surface area contributed by atoms with Crippen LogP contribution in [0.4, 0.5) is 11.4 Å². The summed E-state index contributed by atoms with van der Waals surface area (Å²) in [5.74, 6) is -0.122. The van der Waals surface area contributed by atoms with Gasteiger partial charge in [0, 0.05) is 28.8 Å². The Labute approximate surface area is 127 Å². The fraction of sp³-hybridized carbons (Fsp3) is 0.533. The van der Waals surface area contributed by atoms with Crippen LogP contribution in [-0.2, 0) is 4.79 Å². The summed E-state index contributed by atoms with van der Waals surface area (Å²) in [5, 5.41) is 2.86. The van der Waals surface area contributed by atoms with Gasteiger partial charge in [0.25, 0.3) is 0 Å². The van der Waals surface area contributed by atoms with Gasteiger partial charge in [0.2, 0.25) is 5.91 Å². The summed E-state index contributed by atoms with van der Waals surface area (Å²) < 4.78 is 1.01. The molecule has 0 spiro atoms. The molecule has 20 heavy (non-hydrogen) atoms. The van der Waals surface area contributed by atoms with Gasteiger partial charge in [0.1, 0.15) is 6.04 Å². The van der Waals surface area contributed by atoms with Crippen LogP contribution in [0.1, 0.15) is 38.3 Å². The summed E-state index contributed by atoms with van der Waals surface area (Å²) in [6.07, 6.45) is 2.45. The van der Waals surface area contributed by atoms with Crippen molar-refractivity contribution in [1.82, 2.24) is 0 Å². The number of anilines is 2. The molecule has 5 heteroatoms. The molecule has 108 valence electrons. The first-order valence-corrected chi connectivity index (χ1v) is 7.81. The second-order valence-corrected chi connectivity index (χ2v) is 7.40. The second kappa shape index (κ2) is 4.74. The Hall–Kier alpha value is -1.07. The van der Waals surface area contributed by atoms with E-state index in [1.165, 1.54) is 12.8 Å². The standard InChI is InChI=1S/C15H20BrN3O/c1-15(2)4-3-5-19(8-15)12-7-11-9(6-10(12)16)13(17)14(20)18-11/h6-7,13H,3-5,8,17H2,1-2H3,(H,18,20). The van der Waals surface area contributed by atoms with E-state index in [2.05, 4.69) is 40.0 Å². The second-order valence-electron chi connectivity index (χ2n) is 6.55. The van der Waals surface area contributed by atoms with Crippen LogP contribution in [0.3, 0.4) is 0 Å². The lowest BCUT2D eigenvalue weighted by Gasteiger charge is -2.40. The van der Waals surface area contributed by atoms with Gasteiger partial charge in [-0.1, -0.05) is 13.8 Å². The van der Waals surface area contributed by atoms with E-state index in [9.17, 15) is 4.79 Å². The first-order valence-electron chi connectivity index (χ1n) is 7.02. The molecule has 3 rings (SSSR count). The number of halogens is 1. The van der Waals surface area contributed by atoms with Crippen molar-refractivity contribution in [3.63, 3.8) is 0 Å². The lowest BCUT2D eigenvalue weighted by molar-refractivity contribution is -0.116. The van der Waals surface area contributed by atoms with Crippen molar-refractivity contribution in [2.24, 2.45) is 11.1 Å². The largest absolute Gasteiger partial charge is 0.370 e. The highest BCUT2D eigenvalue weighted by Crippen LogP contribution is 2.40. The molecule has 1 aromatic carbocycles. The molecule has 4 nitrogen and oxygen atoms in total. The zero-order chi connectivity index (χ0) is 14.5. The van der Waals surface area contributed by atoms with Crippen LogP contribution in [0.5, 0.6) is 0 Å². The number of nitrogens with zero attached hydrogens (tertiary/aromatic N) is 1. The Morgan fingerprint density at radius 2 is 2.20 bits per heavy atom. The molecule has 3 N–H and O–H groups in total. The molecule has 1 saturated heterocycles. The van der Waals surface area contributed by atoms with Gasteiger partial charge in [-0.05, 0) is 46.3 Å². The third kappa shape index (κ3) is 2.33. The summed E-state index contributed by atoms with van der Waals surface area (Å²) in [6, 6.07) is 3.48. The Kier molecular flexibility index (Phi) is 3.29. The number of benzene rings is 1. The Bertz CT molecular complexity index is 570. The van der Waals surface area contributed by atoms with Gasteiger partial charge in [-0.3, -0.25) is 4.79 Å². The Morgan fingerprint density at radius 3 is 2.90 bits per heavy atom. The average molecular weight is 338 g/mol. The molecular formula is C15H20BrN3O. The van der Waals surface area contributed by atoms with Gasteiger partial charge >= 0.3 is 0 Å². The minimum Gasteiger partial charge on any atom is -0.370 e. The Morgan fingerprint density at radius 1 is 1.45 bits per heavy atom. The molecule has 0 saturated carbocycles. The fourth-order valence-electron chi connectivity index (χ4n) is 3.17. The predicted octanol–water partition coefficient (Wildman–Crippen LogP) is 3.03. The maximum absolute atomic E-state index is 11.7. The molecule has 2 heterocycles. The highest BCUT2D eigenvalue weighted by atomic mass is 79.9. The third-order valence-electron chi connectivity index (χ3n) is 4.24. The van der Waals surface area contributed by atoms with Crippen LogP contribution in [0.15, 0.2) is 16.6 Å². The smallest absolute Gasteiger partial charge is 0.245 e. The van der Waals surface area contributed by atoms with Crippen molar-refractivity contribution in [2.45, 2.75) is 32.7 Å². The average Bonchev–Trinajstić information content (AvgIpc) is 2.63. The summed E-state index contributed by atoms with van der Waals surface area (Å²) in [4.78, 5) is 14.1. The molecule has 1 aromatic rings. The van der Waals surface area contributed by atoms with Crippen LogP contribution in [-0.4, -0.2) is 19.0 Å². The highest BCUT2D eigenvalue weighted by Gasteiger charge is 2.31. The number of nitrogens with one attached hydrogen (secondary N) is 1. The Balaban J connectivity index is 1.96. The van der Waals surface area contributed by atoms with Crippen molar-refractivity contribution < 1.29 is 4.79 Å².